The zero-order chi connectivity index (χ0) is 30.6. The van der Waals surface area contributed by atoms with Gasteiger partial charge in [0.05, 0.1) is 47.9 Å². The zero-order valence-electron chi connectivity index (χ0n) is 24.9. The van der Waals surface area contributed by atoms with Crippen LogP contribution in [0.5, 0.6) is 5.88 Å². The summed E-state index contributed by atoms with van der Waals surface area (Å²) in [4.78, 5) is 37.8. The van der Waals surface area contributed by atoms with Gasteiger partial charge in [-0.25, -0.2) is 9.59 Å². The molecule has 0 bridgehead atoms. The van der Waals surface area contributed by atoms with Crippen LogP contribution in [0.4, 0.5) is 5.69 Å². The first-order valence-electron chi connectivity index (χ1n) is 14.1. The Bertz CT molecular complexity index is 1310. The van der Waals surface area contributed by atoms with Gasteiger partial charge in [-0.05, 0) is 65.9 Å². The van der Waals surface area contributed by atoms with Crippen molar-refractivity contribution in [1.82, 2.24) is 15.5 Å². The number of unbranched alkanes of at least 4 members (excludes halogenated alkanes) is 3. The zero-order valence-corrected chi connectivity index (χ0v) is 24.9. The molecule has 12 heteroatoms. The van der Waals surface area contributed by atoms with Crippen LogP contribution in [0.3, 0.4) is 0 Å². The molecule has 0 radical (unpaired) electrons. The first-order chi connectivity index (χ1) is 20.1. The van der Waals surface area contributed by atoms with E-state index in [4.69, 9.17) is 18.9 Å². The molecule has 12 nitrogen and oxygen atoms in total. The number of carbonyl (C=O) groups excluding carboxylic acids is 2. The van der Waals surface area contributed by atoms with Gasteiger partial charge in [0.2, 0.25) is 5.88 Å². The number of aromatic amines is 1. The molecule has 2 aromatic rings. The molecule has 0 spiro atoms. The number of non-ortho nitro benzene ring substituents is 1. The minimum Gasteiger partial charge on any atom is -0.477 e. The smallest absolute Gasteiger partial charge is 0.336 e. The third-order valence-corrected chi connectivity index (χ3v) is 6.59. The van der Waals surface area contributed by atoms with E-state index < -0.39 is 22.8 Å². The van der Waals surface area contributed by atoms with Crippen LogP contribution in [0.15, 0.2) is 52.9 Å². The lowest BCUT2D eigenvalue weighted by Gasteiger charge is -2.30. The minimum absolute atomic E-state index is 0.0182. The third kappa shape index (κ3) is 9.16. The number of nitro benzene ring substituents is 1. The van der Waals surface area contributed by atoms with E-state index in [0.717, 1.165) is 25.0 Å². The predicted molar refractivity (Wildman–Crippen MR) is 155 cm³/mol. The Hall–Kier alpha value is -4.19. The second-order valence-electron chi connectivity index (χ2n) is 10.3. The van der Waals surface area contributed by atoms with E-state index in [9.17, 15) is 19.7 Å². The van der Waals surface area contributed by atoms with E-state index in [2.05, 4.69) is 15.5 Å². The summed E-state index contributed by atoms with van der Waals surface area (Å²) in [6.45, 7) is 10.0. The number of aryl methyl sites for hydroxylation is 1. The molecule has 0 aliphatic carbocycles. The lowest BCUT2D eigenvalue weighted by atomic mass is 9.80. The molecule has 0 saturated carbocycles. The van der Waals surface area contributed by atoms with Crippen LogP contribution < -0.4 is 10.1 Å². The number of aromatic nitrogens is 2. The van der Waals surface area contributed by atoms with E-state index >= 15 is 0 Å². The van der Waals surface area contributed by atoms with E-state index in [1.165, 1.54) is 18.2 Å². The molecule has 1 aliphatic rings. The maximum Gasteiger partial charge on any atom is 0.336 e. The first kappa shape index (κ1) is 32.3. The summed E-state index contributed by atoms with van der Waals surface area (Å²) in [7, 11) is 0. The van der Waals surface area contributed by atoms with Gasteiger partial charge in [-0.3, -0.25) is 15.2 Å². The van der Waals surface area contributed by atoms with E-state index in [1.54, 1.807) is 19.9 Å². The van der Waals surface area contributed by atoms with Crippen molar-refractivity contribution in [3.63, 3.8) is 0 Å². The van der Waals surface area contributed by atoms with Crippen LogP contribution in [0, 0.1) is 17.0 Å². The lowest BCUT2D eigenvalue weighted by Crippen LogP contribution is -2.33. The molecule has 3 rings (SSSR count). The highest BCUT2D eigenvalue weighted by Crippen LogP contribution is 2.40. The van der Waals surface area contributed by atoms with Crippen LogP contribution in [0.25, 0.3) is 0 Å². The van der Waals surface area contributed by atoms with Crippen molar-refractivity contribution in [2.24, 2.45) is 0 Å². The first-order valence-corrected chi connectivity index (χ1v) is 14.1. The molecule has 1 aromatic heterocycles. The van der Waals surface area contributed by atoms with Crippen LogP contribution in [0.1, 0.15) is 70.6 Å². The Morgan fingerprint density at radius 1 is 0.929 bits per heavy atom. The largest absolute Gasteiger partial charge is 0.477 e. The van der Waals surface area contributed by atoms with Gasteiger partial charge in [0.1, 0.15) is 6.61 Å². The van der Waals surface area contributed by atoms with Crippen molar-refractivity contribution in [1.29, 1.82) is 0 Å². The van der Waals surface area contributed by atoms with Crippen molar-refractivity contribution in [3.8, 4) is 5.88 Å². The number of nitrogens with one attached hydrogen (secondary N) is 2. The second kappa shape index (κ2) is 15.7. The lowest BCUT2D eigenvalue weighted by molar-refractivity contribution is -0.384. The molecular weight excluding hydrogens is 544 g/mol. The van der Waals surface area contributed by atoms with Gasteiger partial charge in [-0.15, -0.1) is 5.10 Å². The van der Waals surface area contributed by atoms with E-state index in [0.29, 0.717) is 35.9 Å². The Balaban J connectivity index is 1.67. The fourth-order valence-corrected chi connectivity index (χ4v) is 4.63. The fraction of sp³-hybridized carbons (Fsp3) is 0.500. The number of carbonyl (C=O) groups is 2. The summed E-state index contributed by atoms with van der Waals surface area (Å²) < 4.78 is 22.2. The SMILES string of the molecule is CC1=C(C(=O)OCCCCCCOc2cc(C)[nH]n2)C(c2cccc([N+](=O)[O-])c2)C(C(=O)OCCOC(C)C)=C(C)N1. The maximum atomic E-state index is 13.4. The predicted octanol–water partition coefficient (Wildman–Crippen LogP) is 5.01. The molecular formula is C30H40N4O8. The third-order valence-electron chi connectivity index (χ3n) is 6.59. The average molecular weight is 585 g/mol. The molecule has 0 saturated heterocycles. The van der Waals surface area contributed by atoms with E-state index in [1.807, 2.05) is 26.8 Å². The number of ether oxygens (including phenoxy) is 4. The van der Waals surface area contributed by atoms with Crippen LogP contribution >= 0.6 is 0 Å². The molecule has 228 valence electrons. The number of H-pyrrole nitrogens is 1. The van der Waals surface area contributed by atoms with Gasteiger partial charge < -0.3 is 24.3 Å². The van der Waals surface area contributed by atoms with Crippen LogP contribution in [-0.2, 0) is 23.8 Å². The van der Waals surface area contributed by atoms with Crippen LogP contribution in [-0.4, -0.2) is 59.6 Å². The Labute approximate surface area is 245 Å². The standard InChI is InChI=1S/C30H40N4O8/c1-19(2)39-15-16-42-30(36)27-22(5)31-21(4)26(28(27)23-11-10-12-24(18-23)34(37)38)29(35)41-14-9-7-6-8-13-40-25-17-20(3)32-33-25/h10-12,17-19,28,31H,6-9,13-16H2,1-5H3,(H,32,33). The van der Waals surface area contributed by atoms with Crippen molar-refractivity contribution in [2.75, 3.05) is 26.4 Å². The number of nitro groups is 1. The number of hydrogen-bond donors (Lipinski definition) is 2. The number of nitrogens with zero attached hydrogens (tertiary/aromatic N) is 2. The minimum atomic E-state index is -0.917. The van der Waals surface area contributed by atoms with Gasteiger partial charge in [-0.2, -0.15) is 0 Å². The summed E-state index contributed by atoms with van der Waals surface area (Å²) in [5, 5.41) is 21.5. The summed E-state index contributed by atoms with van der Waals surface area (Å²) >= 11 is 0. The van der Waals surface area contributed by atoms with Gasteiger partial charge in [-0.1, -0.05) is 12.1 Å². The molecule has 2 N–H and O–H groups in total. The van der Waals surface area contributed by atoms with Gasteiger partial charge >= 0.3 is 11.9 Å². The summed E-state index contributed by atoms with van der Waals surface area (Å²) in [5.74, 6) is -1.59. The van der Waals surface area contributed by atoms with Crippen molar-refractivity contribution in [2.45, 2.75) is 72.3 Å². The molecule has 0 amide bonds. The van der Waals surface area contributed by atoms with Crippen molar-refractivity contribution < 1.29 is 33.5 Å². The fourth-order valence-electron chi connectivity index (χ4n) is 4.63. The van der Waals surface area contributed by atoms with E-state index in [-0.39, 0.29) is 42.8 Å². The highest BCUT2D eigenvalue weighted by atomic mass is 16.6. The van der Waals surface area contributed by atoms with Gasteiger partial charge in [0.25, 0.3) is 5.69 Å². The highest BCUT2D eigenvalue weighted by molar-refractivity contribution is 6.00. The Morgan fingerprint density at radius 2 is 1.57 bits per heavy atom. The number of benzene rings is 1. The monoisotopic (exact) mass is 584 g/mol. The summed E-state index contributed by atoms with van der Waals surface area (Å²) in [6, 6.07) is 7.74. The number of dihydropyridines is 1. The van der Waals surface area contributed by atoms with Crippen LogP contribution in [0.2, 0.25) is 0 Å². The molecule has 0 fully saturated rings. The normalized spacial score (nSPS) is 15.0. The van der Waals surface area contributed by atoms with Gasteiger partial charge in [0.15, 0.2) is 0 Å². The number of rotatable bonds is 16. The number of allylic oxidation sites excluding steroid dienone is 2. The molecule has 1 atom stereocenters. The highest BCUT2D eigenvalue weighted by Gasteiger charge is 2.38. The van der Waals surface area contributed by atoms with Gasteiger partial charge in [0, 0.05) is 35.3 Å². The quantitative estimate of drug-likeness (QED) is 0.119. The molecule has 1 aromatic carbocycles. The topological polar surface area (TPSA) is 155 Å². The molecule has 42 heavy (non-hydrogen) atoms. The molecule has 1 unspecified atom stereocenters. The molecule has 2 heterocycles. The maximum absolute atomic E-state index is 13.4. The number of esters is 2. The second-order valence-corrected chi connectivity index (χ2v) is 10.3. The summed E-state index contributed by atoms with van der Waals surface area (Å²) in [5.41, 5.74) is 2.57. The van der Waals surface area contributed by atoms with Crippen molar-refractivity contribution in [3.05, 3.63) is 74.2 Å². The van der Waals surface area contributed by atoms with Crippen molar-refractivity contribution >= 4 is 17.6 Å². The molecule has 1 aliphatic heterocycles. The summed E-state index contributed by atoms with van der Waals surface area (Å²) in [6.07, 6.45) is 3.17. The average Bonchev–Trinajstić information content (AvgIpc) is 3.36. The Kier molecular flexibility index (Phi) is 12.1. The Morgan fingerprint density at radius 3 is 2.17 bits per heavy atom. The number of hydrogen-bond acceptors (Lipinski definition) is 10.